The molecule has 1 heterocycles. The summed E-state index contributed by atoms with van der Waals surface area (Å²) >= 11 is 0. The number of ether oxygens (including phenoxy) is 1. The Labute approximate surface area is 119 Å². The zero-order chi connectivity index (χ0) is 14.4. The number of nitrogens with zero attached hydrogens (tertiary/aromatic N) is 1. The Kier molecular flexibility index (Phi) is 5.24. The van der Waals surface area contributed by atoms with E-state index >= 15 is 0 Å². The highest BCUT2D eigenvalue weighted by Crippen LogP contribution is 2.27. The van der Waals surface area contributed by atoms with Crippen molar-refractivity contribution in [1.29, 1.82) is 0 Å². The largest absolute Gasteiger partial charge is 0.481 e. The van der Waals surface area contributed by atoms with E-state index < -0.39 is 5.97 Å². The SMILES string of the molecule is CC(CCC(=O)O)Nc1ccccc1N1CCOCC1. The second-order valence-corrected chi connectivity index (χ2v) is 5.09. The number of carboxylic acid groups (broad SMARTS) is 1. The van der Waals surface area contributed by atoms with Crippen LogP contribution in [0, 0.1) is 0 Å². The molecule has 20 heavy (non-hydrogen) atoms. The van der Waals surface area contributed by atoms with Crippen molar-refractivity contribution >= 4 is 17.3 Å². The minimum absolute atomic E-state index is 0.133. The summed E-state index contributed by atoms with van der Waals surface area (Å²) in [6, 6.07) is 8.29. The number of carbonyl (C=O) groups is 1. The summed E-state index contributed by atoms with van der Waals surface area (Å²) in [5.74, 6) is -0.750. The molecule has 0 saturated carbocycles. The molecule has 2 N–H and O–H groups in total. The summed E-state index contributed by atoms with van der Waals surface area (Å²) in [7, 11) is 0. The molecule has 1 fully saturated rings. The lowest BCUT2D eigenvalue weighted by Crippen LogP contribution is -2.36. The Hall–Kier alpha value is -1.75. The van der Waals surface area contributed by atoms with Gasteiger partial charge in [0.2, 0.25) is 0 Å². The minimum Gasteiger partial charge on any atom is -0.481 e. The molecule has 0 aliphatic carbocycles. The lowest BCUT2D eigenvalue weighted by Gasteiger charge is -2.31. The Morgan fingerprint density at radius 1 is 1.40 bits per heavy atom. The smallest absolute Gasteiger partial charge is 0.303 e. The molecule has 0 spiro atoms. The Bertz CT molecular complexity index is 444. The van der Waals surface area contributed by atoms with Crippen LogP contribution in [0.1, 0.15) is 19.8 Å². The zero-order valence-electron chi connectivity index (χ0n) is 11.8. The van der Waals surface area contributed by atoms with Crippen LogP contribution >= 0.6 is 0 Å². The standard InChI is InChI=1S/C15H22N2O3/c1-12(6-7-15(18)19)16-13-4-2-3-5-14(13)17-8-10-20-11-9-17/h2-5,12,16H,6-11H2,1H3,(H,18,19). The van der Waals surface area contributed by atoms with E-state index in [9.17, 15) is 4.79 Å². The first-order chi connectivity index (χ1) is 9.66. The number of benzene rings is 1. The van der Waals surface area contributed by atoms with Gasteiger partial charge in [0.05, 0.1) is 24.6 Å². The molecular weight excluding hydrogens is 256 g/mol. The van der Waals surface area contributed by atoms with Gasteiger partial charge in [0.15, 0.2) is 0 Å². The molecule has 1 saturated heterocycles. The van der Waals surface area contributed by atoms with Crippen LogP contribution in [0.5, 0.6) is 0 Å². The monoisotopic (exact) mass is 278 g/mol. The summed E-state index contributed by atoms with van der Waals surface area (Å²) in [4.78, 5) is 12.9. The van der Waals surface area contributed by atoms with E-state index in [1.807, 2.05) is 25.1 Å². The summed E-state index contributed by atoms with van der Waals surface area (Å²) in [6.45, 7) is 5.30. The summed E-state index contributed by atoms with van der Waals surface area (Å²) < 4.78 is 5.38. The third-order valence-electron chi connectivity index (χ3n) is 3.45. The molecule has 5 nitrogen and oxygen atoms in total. The molecule has 2 rings (SSSR count). The van der Waals surface area contributed by atoms with E-state index in [1.54, 1.807) is 0 Å². The molecule has 5 heteroatoms. The Morgan fingerprint density at radius 2 is 2.10 bits per heavy atom. The van der Waals surface area contributed by atoms with Crippen molar-refractivity contribution in [3.8, 4) is 0 Å². The van der Waals surface area contributed by atoms with Crippen molar-refractivity contribution in [2.45, 2.75) is 25.8 Å². The first kappa shape index (κ1) is 14.7. The van der Waals surface area contributed by atoms with E-state index in [2.05, 4.69) is 16.3 Å². The number of hydrogen-bond donors (Lipinski definition) is 2. The van der Waals surface area contributed by atoms with Gasteiger partial charge in [-0.05, 0) is 25.5 Å². The second kappa shape index (κ2) is 7.14. The van der Waals surface area contributed by atoms with Crippen LogP contribution in [0.25, 0.3) is 0 Å². The van der Waals surface area contributed by atoms with Crippen LogP contribution in [0.4, 0.5) is 11.4 Å². The predicted octanol–water partition coefficient (Wildman–Crippen LogP) is 2.19. The number of aliphatic carboxylic acids is 1. The topological polar surface area (TPSA) is 61.8 Å². The molecule has 1 atom stereocenters. The van der Waals surface area contributed by atoms with Crippen LogP contribution in [-0.2, 0) is 9.53 Å². The number of nitrogens with one attached hydrogen (secondary N) is 1. The summed E-state index contributed by atoms with van der Waals surface area (Å²) in [5, 5.41) is 12.2. The Balaban J connectivity index is 2.01. The molecule has 1 aliphatic heterocycles. The molecule has 1 aromatic carbocycles. The quantitative estimate of drug-likeness (QED) is 0.835. The molecule has 1 aliphatic rings. The van der Waals surface area contributed by atoms with Crippen molar-refractivity contribution in [2.75, 3.05) is 36.5 Å². The van der Waals surface area contributed by atoms with Gasteiger partial charge in [-0.1, -0.05) is 12.1 Å². The van der Waals surface area contributed by atoms with E-state index in [4.69, 9.17) is 9.84 Å². The van der Waals surface area contributed by atoms with Crippen molar-refractivity contribution in [3.05, 3.63) is 24.3 Å². The highest BCUT2D eigenvalue weighted by molar-refractivity contribution is 5.71. The Morgan fingerprint density at radius 3 is 2.80 bits per heavy atom. The zero-order valence-corrected chi connectivity index (χ0v) is 11.8. The maximum Gasteiger partial charge on any atom is 0.303 e. The van der Waals surface area contributed by atoms with Gasteiger partial charge < -0.3 is 20.1 Å². The van der Waals surface area contributed by atoms with Crippen LogP contribution < -0.4 is 10.2 Å². The first-order valence-electron chi connectivity index (χ1n) is 7.07. The number of hydrogen-bond acceptors (Lipinski definition) is 4. The maximum atomic E-state index is 10.6. The highest BCUT2D eigenvalue weighted by Gasteiger charge is 2.15. The van der Waals surface area contributed by atoms with Crippen LogP contribution in [-0.4, -0.2) is 43.4 Å². The van der Waals surface area contributed by atoms with Gasteiger partial charge in [-0.2, -0.15) is 0 Å². The average Bonchev–Trinajstić information content (AvgIpc) is 2.47. The lowest BCUT2D eigenvalue weighted by atomic mass is 10.1. The van der Waals surface area contributed by atoms with E-state index in [-0.39, 0.29) is 12.5 Å². The lowest BCUT2D eigenvalue weighted by molar-refractivity contribution is -0.137. The van der Waals surface area contributed by atoms with E-state index in [0.717, 1.165) is 37.7 Å². The maximum absolute atomic E-state index is 10.6. The van der Waals surface area contributed by atoms with Gasteiger partial charge in [-0.3, -0.25) is 4.79 Å². The van der Waals surface area contributed by atoms with E-state index in [1.165, 1.54) is 0 Å². The minimum atomic E-state index is -0.750. The van der Waals surface area contributed by atoms with Gasteiger partial charge in [-0.15, -0.1) is 0 Å². The number of rotatable bonds is 6. The van der Waals surface area contributed by atoms with E-state index in [0.29, 0.717) is 6.42 Å². The summed E-state index contributed by atoms with van der Waals surface area (Å²) in [6.07, 6.45) is 0.806. The van der Waals surface area contributed by atoms with Gasteiger partial charge >= 0.3 is 5.97 Å². The van der Waals surface area contributed by atoms with Gasteiger partial charge in [0, 0.05) is 25.6 Å². The predicted molar refractivity (Wildman–Crippen MR) is 79.4 cm³/mol. The molecule has 0 radical (unpaired) electrons. The fourth-order valence-corrected chi connectivity index (χ4v) is 2.35. The third kappa shape index (κ3) is 4.13. The molecular formula is C15H22N2O3. The van der Waals surface area contributed by atoms with Crippen LogP contribution in [0.15, 0.2) is 24.3 Å². The number of para-hydroxylation sites is 2. The van der Waals surface area contributed by atoms with Gasteiger partial charge in [-0.25, -0.2) is 0 Å². The molecule has 0 amide bonds. The van der Waals surface area contributed by atoms with Gasteiger partial charge in [0.1, 0.15) is 0 Å². The van der Waals surface area contributed by atoms with Crippen LogP contribution in [0.2, 0.25) is 0 Å². The molecule has 1 unspecified atom stereocenters. The van der Waals surface area contributed by atoms with Crippen molar-refractivity contribution in [3.63, 3.8) is 0 Å². The van der Waals surface area contributed by atoms with Crippen LogP contribution in [0.3, 0.4) is 0 Å². The molecule has 1 aromatic rings. The molecule has 0 bridgehead atoms. The fourth-order valence-electron chi connectivity index (χ4n) is 2.35. The average molecular weight is 278 g/mol. The fraction of sp³-hybridized carbons (Fsp3) is 0.533. The molecule has 110 valence electrons. The number of carboxylic acids is 1. The molecule has 0 aromatic heterocycles. The second-order valence-electron chi connectivity index (χ2n) is 5.09. The highest BCUT2D eigenvalue weighted by atomic mass is 16.5. The summed E-state index contributed by atoms with van der Waals surface area (Å²) in [5.41, 5.74) is 2.23. The first-order valence-corrected chi connectivity index (χ1v) is 7.07. The normalized spacial score (nSPS) is 16.8. The van der Waals surface area contributed by atoms with Crippen molar-refractivity contribution < 1.29 is 14.6 Å². The van der Waals surface area contributed by atoms with Crippen molar-refractivity contribution in [2.24, 2.45) is 0 Å². The third-order valence-corrected chi connectivity index (χ3v) is 3.45. The number of anilines is 2. The number of morpholine rings is 1. The van der Waals surface area contributed by atoms with Gasteiger partial charge in [0.25, 0.3) is 0 Å². The van der Waals surface area contributed by atoms with Crippen molar-refractivity contribution in [1.82, 2.24) is 0 Å².